The Balaban J connectivity index is 1.77. The van der Waals surface area contributed by atoms with Gasteiger partial charge in [0.15, 0.2) is 0 Å². The van der Waals surface area contributed by atoms with Crippen molar-refractivity contribution in [1.29, 1.82) is 0 Å². The van der Waals surface area contributed by atoms with E-state index in [1.165, 1.54) is 6.07 Å². The summed E-state index contributed by atoms with van der Waals surface area (Å²) in [6.45, 7) is 3.44. The lowest BCUT2D eigenvalue weighted by molar-refractivity contribution is 0.596. The first-order valence-corrected chi connectivity index (χ1v) is 5.70. The van der Waals surface area contributed by atoms with Crippen LogP contribution in [0.5, 0.6) is 0 Å². The normalized spacial score (nSPS) is 10.7. The van der Waals surface area contributed by atoms with Crippen molar-refractivity contribution < 1.29 is 4.39 Å². The first-order chi connectivity index (χ1) is 8.27. The molecular weight excluding hydrogens is 217 g/mol. The van der Waals surface area contributed by atoms with Crippen LogP contribution in [-0.4, -0.2) is 16.5 Å². The second kappa shape index (κ2) is 5.59. The van der Waals surface area contributed by atoms with E-state index in [2.05, 4.69) is 15.3 Å². The number of nitrogens with zero attached hydrogens (tertiary/aromatic N) is 1. The van der Waals surface area contributed by atoms with E-state index in [0.29, 0.717) is 13.0 Å². The number of rotatable bonds is 5. The minimum absolute atomic E-state index is 0.134. The highest BCUT2D eigenvalue weighted by molar-refractivity contribution is 5.17. The molecule has 0 atom stereocenters. The van der Waals surface area contributed by atoms with Gasteiger partial charge in [-0.15, -0.1) is 0 Å². The first kappa shape index (κ1) is 11.8. The third kappa shape index (κ3) is 3.14. The summed E-state index contributed by atoms with van der Waals surface area (Å²) in [6, 6.07) is 6.87. The van der Waals surface area contributed by atoms with Crippen molar-refractivity contribution in [2.75, 3.05) is 6.54 Å². The molecule has 1 heterocycles. The molecule has 0 aliphatic rings. The lowest BCUT2D eigenvalue weighted by atomic mass is 10.1. The van der Waals surface area contributed by atoms with E-state index in [1.54, 1.807) is 12.4 Å². The highest BCUT2D eigenvalue weighted by Crippen LogP contribution is 2.06. The van der Waals surface area contributed by atoms with Crippen molar-refractivity contribution in [3.8, 4) is 0 Å². The Morgan fingerprint density at radius 2 is 2.18 bits per heavy atom. The van der Waals surface area contributed by atoms with E-state index in [0.717, 1.165) is 23.5 Å². The minimum Gasteiger partial charge on any atom is -0.348 e. The van der Waals surface area contributed by atoms with Crippen molar-refractivity contribution in [1.82, 2.24) is 15.3 Å². The van der Waals surface area contributed by atoms with Crippen LogP contribution in [0.4, 0.5) is 4.39 Å². The number of hydrogen-bond acceptors (Lipinski definition) is 2. The SMILES string of the molecule is Cc1[nH]cnc1CNCCc1ccccc1F. The summed E-state index contributed by atoms with van der Waals surface area (Å²) in [4.78, 5) is 7.21. The van der Waals surface area contributed by atoms with Crippen molar-refractivity contribution in [2.45, 2.75) is 19.9 Å². The molecule has 3 nitrogen and oxygen atoms in total. The number of halogens is 1. The maximum Gasteiger partial charge on any atom is 0.126 e. The number of nitrogens with one attached hydrogen (secondary N) is 2. The maximum atomic E-state index is 13.3. The van der Waals surface area contributed by atoms with Crippen LogP contribution >= 0.6 is 0 Å². The van der Waals surface area contributed by atoms with E-state index < -0.39 is 0 Å². The Labute approximate surface area is 100 Å². The molecule has 1 aromatic carbocycles. The third-order valence-corrected chi connectivity index (χ3v) is 2.76. The summed E-state index contributed by atoms with van der Waals surface area (Å²) in [5, 5.41) is 3.26. The fourth-order valence-corrected chi connectivity index (χ4v) is 1.70. The second-order valence-corrected chi connectivity index (χ2v) is 3.99. The summed E-state index contributed by atoms with van der Waals surface area (Å²) in [5.74, 6) is -0.134. The minimum atomic E-state index is -0.134. The molecule has 2 aromatic rings. The molecule has 0 saturated heterocycles. The molecule has 90 valence electrons. The van der Waals surface area contributed by atoms with Crippen LogP contribution in [0.15, 0.2) is 30.6 Å². The van der Waals surface area contributed by atoms with Crippen LogP contribution in [0.3, 0.4) is 0 Å². The predicted molar refractivity (Wildman–Crippen MR) is 65.1 cm³/mol. The highest BCUT2D eigenvalue weighted by atomic mass is 19.1. The quantitative estimate of drug-likeness (QED) is 0.777. The third-order valence-electron chi connectivity index (χ3n) is 2.76. The molecule has 0 unspecified atom stereocenters. The summed E-state index contributed by atoms with van der Waals surface area (Å²) in [7, 11) is 0. The second-order valence-electron chi connectivity index (χ2n) is 3.99. The lowest BCUT2D eigenvalue weighted by Crippen LogP contribution is -2.17. The summed E-state index contributed by atoms with van der Waals surface area (Å²) in [5.41, 5.74) is 2.83. The zero-order chi connectivity index (χ0) is 12.1. The molecule has 17 heavy (non-hydrogen) atoms. The molecule has 0 aliphatic carbocycles. The molecule has 0 amide bonds. The molecule has 0 fully saturated rings. The van der Waals surface area contributed by atoms with E-state index >= 15 is 0 Å². The van der Waals surface area contributed by atoms with Crippen LogP contribution < -0.4 is 5.32 Å². The molecule has 4 heteroatoms. The van der Waals surface area contributed by atoms with Gasteiger partial charge in [0.1, 0.15) is 5.82 Å². The van der Waals surface area contributed by atoms with Gasteiger partial charge in [-0.1, -0.05) is 18.2 Å². The number of H-pyrrole nitrogens is 1. The van der Waals surface area contributed by atoms with Crippen LogP contribution in [0.1, 0.15) is 17.0 Å². The zero-order valence-electron chi connectivity index (χ0n) is 9.83. The summed E-state index contributed by atoms with van der Waals surface area (Å²) < 4.78 is 13.3. The number of hydrogen-bond donors (Lipinski definition) is 2. The summed E-state index contributed by atoms with van der Waals surface area (Å²) in [6.07, 6.45) is 2.37. The first-order valence-electron chi connectivity index (χ1n) is 5.70. The van der Waals surface area contributed by atoms with Crippen molar-refractivity contribution >= 4 is 0 Å². The topological polar surface area (TPSA) is 40.7 Å². The molecule has 1 aromatic heterocycles. The highest BCUT2D eigenvalue weighted by Gasteiger charge is 2.02. The van der Waals surface area contributed by atoms with Gasteiger partial charge in [0, 0.05) is 12.2 Å². The average molecular weight is 233 g/mol. The van der Waals surface area contributed by atoms with E-state index in [4.69, 9.17) is 0 Å². The van der Waals surface area contributed by atoms with Gasteiger partial charge in [-0.3, -0.25) is 0 Å². The monoisotopic (exact) mass is 233 g/mol. The van der Waals surface area contributed by atoms with Gasteiger partial charge < -0.3 is 10.3 Å². The molecule has 0 saturated carbocycles. The number of aryl methyl sites for hydroxylation is 1. The van der Waals surface area contributed by atoms with E-state index in [9.17, 15) is 4.39 Å². The van der Waals surface area contributed by atoms with E-state index in [1.807, 2.05) is 19.1 Å². The number of imidazole rings is 1. The van der Waals surface area contributed by atoms with E-state index in [-0.39, 0.29) is 5.82 Å². The Morgan fingerprint density at radius 3 is 2.88 bits per heavy atom. The van der Waals surface area contributed by atoms with Crippen molar-refractivity contribution in [3.05, 3.63) is 53.4 Å². The molecule has 0 spiro atoms. The predicted octanol–water partition coefficient (Wildman–Crippen LogP) is 2.19. The summed E-state index contributed by atoms with van der Waals surface area (Å²) >= 11 is 0. The van der Waals surface area contributed by atoms with Gasteiger partial charge in [-0.25, -0.2) is 9.37 Å². The van der Waals surface area contributed by atoms with Crippen LogP contribution in [0, 0.1) is 12.7 Å². The molecule has 0 aliphatic heterocycles. The fourth-order valence-electron chi connectivity index (χ4n) is 1.70. The lowest BCUT2D eigenvalue weighted by Gasteiger charge is -2.04. The standard InChI is InChI=1S/C13H16FN3/c1-10-13(17-9-16-10)8-15-7-6-11-4-2-3-5-12(11)14/h2-5,9,15H,6-8H2,1H3,(H,16,17). The molecular formula is C13H16FN3. The number of aromatic nitrogens is 2. The van der Waals surface area contributed by atoms with Crippen LogP contribution in [-0.2, 0) is 13.0 Å². The average Bonchev–Trinajstić information content (AvgIpc) is 2.73. The maximum absolute atomic E-state index is 13.3. The molecule has 2 N–H and O–H groups in total. The Hall–Kier alpha value is -1.68. The van der Waals surface area contributed by atoms with Gasteiger partial charge in [-0.2, -0.15) is 0 Å². The van der Waals surface area contributed by atoms with Crippen molar-refractivity contribution in [3.63, 3.8) is 0 Å². The molecule has 0 radical (unpaired) electrons. The Kier molecular flexibility index (Phi) is 3.88. The van der Waals surface area contributed by atoms with Gasteiger partial charge in [0.05, 0.1) is 12.0 Å². The smallest absolute Gasteiger partial charge is 0.126 e. The van der Waals surface area contributed by atoms with Gasteiger partial charge in [-0.05, 0) is 31.5 Å². The Morgan fingerprint density at radius 1 is 1.35 bits per heavy atom. The molecule has 2 rings (SSSR count). The van der Waals surface area contributed by atoms with Gasteiger partial charge in [0.2, 0.25) is 0 Å². The van der Waals surface area contributed by atoms with Gasteiger partial charge in [0.25, 0.3) is 0 Å². The van der Waals surface area contributed by atoms with Gasteiger partial charge >= 0.3 is 0 Å². The zero-order valence-corrected chi connectivity index (χ0v) is 9.83. The van der Waals surface area contributed by atoms with Crippen LogP contribution in [0.25, 0.3) is 0 Å². The van der Waals surface area contributed by atoms with Crippen molar-refractivity contribution in [2.24, 2.45) is 0 Å². The molecule has 0 bridgehead atoms. The Bertz CT molecular complexity index is 479. The number of benzene rings is 1. The fraction of sp³-hybridized carbons (Fsp3) is 0.308. The number of aromatic amines is 1. The largest absolute Gasteiger partial charge is 0.348 e. The van der Waals surface area contributed by atoms with Crippen LogP contribution in [0.2, 0.25) is 0 Å².